The third-order valence-corrected chi connectivity index (χ3v) is 6.12. The number of nitrogens with one attached hydrogen (secondary N) is 2. The van der Waals surface area contributed by atoms with Crippen molar-refractivity contribution in [1.82, 2.24) is 20.1 Å². The van der Waals surface area contributed by atoms with Gasteiger partial charge in [-0.1, -0.05) is 36.0 Å². The van der Waals surface area contributed by atoms with Gasteiger partial charge in [0, 0.05) is 12.7 Å². The Labute approximate surface area is 189 Å². The summed E-state index contributed by atoms with van der Waals surface area (Å²) < 4.78 is 13.5. The van der Waals surface area contributed by atoms with Crippen LogP contribution in [0.25, 0.3) is 0 Å². The number of para-hydroxylation sites is 2. The molecule has 3 aromatic rings. The van der Waals surface area contributed by atoms with Crippen LogP contribution in [0.1, 0.15) is 23.1 Å². The monoisotopic (exact) mass is 453 g/mol. The summed E-state index contributed by atoms with van der Waals surface area (Å²) in [5, 5.41) is 13.9. The molecular formula is C22H23N5O4S. The third-order valence-electron chi connectivity index (χ3n) is 5.10. The van der Waals surface area contributed by atoms with Gasteiger partial charge in [-0.05, 0) is 43.2 Å². The lowest BCUT2D eigenvalue weighted by Crippen LogP contribution is -2.35. The van der Waals surface area contributed by atoms with E-state index in [0.29, 0.717) is 34.8 Å². The highest BCUT2D eigenvalue weighted by atomic mass is 32.2. The van der Waals surface area contributed by atoms with Gasteiger partial charge >= 0.3 is 6.03 Å². The smallest absolute Gasteiger partial charge is 0.325 e. The maximum atomic E-state index is 12.2. The Morgan fingerprint density at radius 2 is 1.91 bits per heavy atom. The van der Waals surface area contributed by atoms with E-state index in [0.717, 1.165) is 11.1 Å². The van der Waals surface area contributed by atoms with Gasteiger partial charge in [0.1, 0.15) is 6.61 Å². The number of aromatic nitrogens is 3. The van der Waals surface area contributed by atoms with Crippen molar-refractivity contribution >= 4 is 29.4 Å². The number of fused-ring (bicyclic) bond motifs is 1. The van der Waals surface area contributed by atoms with Crippen LogP contribution in [0.15, 0.2) is 47.6 Å². The molecule has 2 N–H and O–H groups in total. The zero-order valence-corrected chi connectivity index (χ0v) is 18.7. The molecule has 4 rings (SSSR count). The Kier molecular flexibility index (Phi) is 6.31. The molecule has 0 fully saturated rings. The lowest BCUT2D eigenvalue weighted by Gasteiger charge is -2.25. The number of hydrogen-bond acceptors (Lipinski definition) is 7. The van der Waals surface area contributed by atoms with E-state index >= 15 is 0 Å². The predicted molar refractivity (Wildman–Crippen MR) is 120 cm³/mol. The molecule has 10 heteroatoms. The van der Waals surface area contributed by atoms with E-state index in [9.17, 15) is 9.59 Å². The van der Waals surface area contributed by atoms with Gasteiger partial charge in [-0.3, -0.25) is 10.1 Å². The zero-order chi connectivity index (χ0) is 22.7. The quantitative estimate of drug-likeness (QED) is 0.570. The summed E-state index contributed by atoms with van der Waals surface area (Å²) in [4.78, 5) is 24.4. The fourth-order valence-electron chi connectivity index (χ4n) is 3.21. The van der Waals surface area contributed by atoms with Crippen molar-refractivity contribution in [2.24, 2.45) is 7.05 Å². The van der Waals surface area contributed by atoms with Gasteiger partial charge in [0.25, 0.3) is 0 Å². The Hall–Kier alpha value is -3.53. The number of aryl methyl sites for hydroxylation is 1. The molecule has 1 atom stereocenters. The molecule has 0 radical (unpaired) electrons. The summed E-state index contributed by atoms with van der Waals surface area (Å²) in [6.45, 7) is 4.18. The van der Waals surface area contributed by atoms with Gasteiger partial charge in [0.05, 0.1) is 5.75 Å². The van der Waals surface area contributed by atoms with Crippen LogP contribution in [-0.4, -0.2) is 39.1 Å². The number of carbonyl (C=O) groups is 2. The maximum Gasteiger partial charge on any atom is 0.325 e. The topological polar surface area (TPSA) is 107 Å². The second-order valence-corrected chi connectivity index (χ2v) is 8.24. The molecule has 1 aliphatic rings. The predicted octanol–water partition coefficient (Wildman–Crippen LogP) is 3.38. The Balaban J connectivity index is 1.32. The molecule has 0 spiro atoms. The number of amides is 3. The molecule has 1 aliphatic heterocycles. The lowest BCUT2D eigenvalue weighted by molar-refractivity contribution is -0.117. The first-order chi connectivity index (χ1) is 15.4. The van der Waals surface area contributed by atoms with Gasteiger partial charge in [-0.15, -0.1) is 10.2 Å². The van der Waals surface area contributed by atoms with Crippen molar-refractivity contribution in [2.45, 2.75) is 25.1 Å². The van der Waals surface area contributed by atoms with E-state index in [1.807, 2.05) is 50.2 Å². The normalized spacial score (nSPS) is 14.7. The molecule has 1 aromatic heterocycles. The summed E-state index contributed by atoms with van der Waals surface area (Å²) >= 11 is 1.18. The molecule has 0 saturated carbocycles. The number of ether oxygens (including phenoxy) is 2. The van der Waals surface area contributed by atoms with E-state index in [1.54, 1.807) is 17.7 Å². The summed E-state index contributed by atoms with van der Waals surface area (Å²) in [5.41, 5.74) is 2.67. The minimum Gasteiger partial charge on any atom is -0.485 e. The van der Waals surface area contributed by atoms with E-state index in [2.05, 4.69) is 20.8 Å². The molecule has 166 valence electrons. The molecule has 9 nitrogen and oxygen atoms in total. The molecule has 2 heterocycles. The number of nitrogens with zero attached hydrogens (tertiary/aromatic N) is 3. The van der Waals surface area contributed by atoms with Crippen LogP contribution in [0, 0.1) is 13.8 Å². The molecule has 32 heavy (non-hydrogen) atoms. The number of benzene rings is 2. The molecule has 0 bridgehead atoms. The van der Waals surface area contributed by atoms with Gasteiger partial charge in [-0.2, -0.15) is 0 Å². The Bertz CT molecular complexity index is 1160. The SMILES string of the molecule is Cc1cccc(NC(=O)NC(=O)CSc2nnc(C3COc4ccccc4O3)n2C)c1C. The van der Waals surface area contributed by atoms with Crippen molar-refractivity contribution in [3.8, 4) is 11.5 Å². The molecule has 0 aliphatic carbocycles. The zero-order valence-electron chi connectivity index (χ0n) is 17.9. The molecule has 2 aromatic carbocycles. The Morgan fingerprint density at radius 3 is 2.72 bits per heavy atom. The minimum atomic E-state index is -0.575. The van der Waals surface area contributed by atoms with E-state index in [-0.39, 0.29) is 5.75 Å². The average Bonchev–Trinajstić information content (AvgIpc) is 3.15. The van der Waals surface area contributed by atoms with Crippen molar-refractivity contribution in [3.05, 3.63) is 59.4 Å². The number of carbonyl (C=O) groups excluding carboxylic acids is 2. The third kappa shape index (κ3) is 4.70. The van der Waals surface area contributed by atoms with Crippen molar-refractivity contribution < 1.29 is 19.1 Å². The van der Waals surface area contributed by atoms with Crippen LogP contribution < -0.4 is 20.1 Å². The van der Waals surface area contributed by atoms with E-state index in [1.165, 1.54) is 11.8 Å². The van der Waals surface area contributed by atoms with Crippen LogP contribution in [0.4, 0.5) is 10.5 Å². The second kappa shape index (κ2) is 9.31. The fraction of sp³-hybridized carbons (Fsp3) is 0.273. The van der Waals surface area contributed by atoms with Crippen LogP contribution in [0.3, 0.4) is 0 Å². The minimum absolute atomic E-state index is 0.0110. The average molecular weight is 454 g/mol. The number of anilines is 1. The van der Waals surface area contributed by atoms with Crippen molar-refractivity contribution in [2.75, 3.05) is 17.7 Å². The fourth-order valence-corrected chi connectivity index (χ4v) is 3.93. The summed E-state index contributed by atoms with van der Waals surface area (Å²) in [7, 11) is 1.80. The largest absolute Gasteiger partial charge is 0.485 e. The van der Waals surface area contributed by atoms with Crippen molar-refractivity contribution in [3.63, 3.8) is 0 Å². The van der Waals surface area contributed by atoms with Crippen molar-refractivity contribution in [1.29, 1.82) is 0 Å². The second-order valence-electron chi connectivity index (χ2n) is 7.30. The first kappa shape index (κ1) is 21.7. The molecule has 1 unspecified atom stereocenters. The highest BCUT2D eigenvalue weighted by molar-refractivity contribution is 7.99. The van der Waals surface area contributed by atoms with Crippen LogP contribution >= 0.6 is 11.8 Å². The first-order valence-electron chi connectivity index (χ1n) is 10.00. The highest BCUT2D eigenvalue weighted by Crippen LogP contribution is 2.35. The molecular weight excluding hydrogens is 430 g/mol. The van der Waals surface area contributed by atoms with E-state index in [4.69, 9.17) is 9.47 Å². The maximum absolute atomic E-state index is 12.2. The first-order valence-corrected chi connectivity index (χ1v) is 11.0. The van der Waals surface area contributed by atoms with Gasteiger partial charge in [0.15, 0.2) is 28.6 Å². The van der Waals surface area contributed by atoms with Gasteiger partial charge < -0.3 is 19.4 Å². The Morgan fingerprint density at radius 1 is 1.12 bits per heavy atom. The van der Waals surface area contributed by atoms with Crippen LogP contribution in [-0.2, 0) is 11.8 Å². The van der Waals surface area contributed by atoms with Gasteiger partial charge in [-0.25, -0.2) is 4.79 Å². The summed E-state index contributed by atoms with van der Waals surface area (Å²) in [6.07, 6.45) is -0.408. The number of rotatable bonds is 5. The van der Waals surface area contributed by atoms with Crippen LogP contribution in [0.5, 0.6) is 11.5 Å². The number of hydrogen-bond donors (Lipinski definition) is 2. The summed E-state index contributed by atoms with van der Waals surface area (Å²) in [6, 6.07) is 12.5. The summed E-state index contributed by atoms with van der Waals surface area (Å²) in [5.74, 6) is 1.51. The van der Waals surface area contributed by atoms with Crippen LogP contribution in [0.2, 0.25) is 0 Å². The van der Waals surface area contributed by atoms with E-state index < -0.39 is 18.0 Å². The standard InChI is InChI=1S/C22H23N5O4S/c1-13-7-6-8-15(14(13)2)23-21(29)24-19(28)12-32-22-26-25-20(27(22)3)18-11-30-16-9-4-5-10-17(16)31-18/h4-10,18H,11-12H2,1-3H3,(H2,23,24,28,29). The number of imide groups is 1. The van der Waals surface area contributed by atoms with Gasteiger partial charge in [0.2, 0.25) is 5.91 Å². The molecule has 3 amide bonds. The number of thioether (sulfide) groups is 1. The highest BCUT2D eigenvalue weighted by Gasteiger charge is 2.27. The number of urea groups is 1. The molecule has 0 saturated heterocycles. The lowest BCUT2D eigenvalue weighted by atomic mass is 10.1.